The Kier molecular flexibility index (Phi) is 7.17. The topological polar surface area (TPSA) is 94.2 Å². The van der Waals surface area contributed by atoms with Crippen molar-refractivity contribution in [2.24, 2.45) is 0 Å². The molecule has 0 radical (unpaired) electrons. The van der Waals surface area contributed by atoms with E-state index in [0.29, 0.717) is 24.6 Å². The minimum Gasteiger partial charge on any atom is -0.493 e. The quantitative estimate of drug-likeness (QED) is 0.650. The Morgan fingerprint density at radius 2 is 1.87 bits per heavy atom. The molecule has 1 saturated heterocycles. The number of carbonyl (C=O) groups is 1. The summed E-state index contributed by atoms with van der Waals surface area (Å²) in [7, 11) is -1.13. The number of methoxy groups -OCH3 is 2. The fraction of sp³-hybridized carbons (Fsp3) is 0.381. The number of hydrogen-bond donors (Lipinski definition) is 1. The van der Waals surface area contributed by atoms with Crippen LogP contribution in [0.15, 0.2) is 53.4 Å². The van der Waals surface area contributed by atoms with Gasteiger partial charge in [-0.1, -0.05) is 18.2 Å². The second-order valence-corrected chi connectivity index (χ2v) is 8.67. The summed E-state index contributed by atoms with van der Waals surface area (Å²) in [5.41, 5.74) is 0.388. The first-order chi connectivity index (χ1) is 14.5. The van der Waals surface area contributed by atoms with Crippen molar-refractivity contribution in [3.8, 4) is 11.5 Å². The molecule has 1 aliphatic rings. The Morgan fingerprint density at radius 3 is 2.50 bits per heavy atom. The van der Waals surface area contributed by atoms with Crippen LogP contribution in [0.4, 0.5) is 5.69 Å². The van der Waals surface area contributed by atoms with Gasteiger partial charge < -0.3 is 19.5 Å². The fourth-order valence-corrected chi connectivity index (χ4v) is 4.67. The number of nitrogens with one attached hydrogen (secondary N) is 1. The van der Waals surface area contributed by atoms with Gasteiger partial charge in [0, 0.05) is 19.2 Å². The van der Waals surface area contributed by atoms with Crippen molar-refractivity contribution >= 4 is 21.6 Å². The maximum absolute atomic E-state index is 13.4. The summed E-state index contributed by atoms with van der Waals surface area (Å²) in [5, 5.41) is 2.77. The highest BCUT2D eigenvalue weighted by Gasteiger charge is 2.28. The van der Waals surface area contributed by atoms with Crippen molar-refractivity contribution in [3.05, 3.63) is 48.5 Å². The van der Waals surface area contributed by atoms with E-state index in [0.717, 1.165) is 17.1 Å². The normalized spacial score (nSPS) is 16.1. The van der Waals surface area contributed by atoms with Crippen LogP contribution < -0.4 is 19.1 Å². The summed E-state index contributed by atoms with van der Waals surface area (Å²) >= 11 is 0. The Labute approximate surface area is 176 Å². The Hall–Kier alpha value is -2.78. The largest absolute Gasteiger partial charge is 0.493 e. The van der Waals surface area contributed by atoms with E-state index in [4.69, 9.17) is 14.2 Å². The van der Waals surface area contributed by atoms with Gasteiger partial charge in [-0.25, -0.2) is 8.42 Å². The van der Waals surface area contributed by atoms with E-state index in [9.17, 15) is 13.2 Å². The third-order valence-electron chi connectivity index (χ3n) is 4.83. The van der Waals surface area contributed by atoms with Gasteiger partial charge in [0.25, 0.3) is 10.0 Å². The molecule has 2 aromatic rings. The van der Waals surface area contributed by atoms with Crippen LogP contribution in [0.25, 0.3) is 0 Å². The van der Waals surface area contributed by atoms with Gasteiger partial charge in [-0.3, -0.25) is 9.10 Å². The van der Waals surface area contributed by atoms with Crippen LogP contribution in [0.5, 0.6) is 11.5 Å². The molecule has 8 nitrogen and oxygen atoms in total. The Balaban J connectivity index is 1.86. The number of benzene rings is 2. The first-order valence-corrected chi connectivity index (χ1v) is 11.1. The Morgan fingerprint density at radius 1 is 1.13 bits per heavy atom. The minimum atomic E-state index is -4.04. The average Bonchev–Trinajstić information content (AvgIpc) is 3.29. The van der Waals surface area contributed by atoms with Crippen LogP contribution in [0.2, 0.25) is 0 Å². The highest BCUT2D eigenvalue weighted by Crippen LogP contribution is 2.32. The third-order valence-corrected chi connectivity index (χ3v) is 6.60. The summed E-state index contributed by atoms with van der Waals surface area (Å²) in [5.74, 6) is 0.296. The van der Waals surface area contributed by atoms with E-state index in [-0.39, 0.29) is 23.3 Å². The van der Waals surface area contributed by atoms with E-state index in [1.54, 1.807) is 30.3 Å². The van der Waals surface area contributed by atoms with Crippen molar-refractivity contribution in [1.82, 2.24) is 5.32 Å². The number of anilines is 1. The monoisotopic (exact) mass is 434 g/mol. The molecule has 1 N–H and O–H groups in total. The number of nitrogens with zero attached hydrogens (tertiary/aromatic N) is 1. The van der Waals surface area contributed by atoms with Crippen molar-refractivity contribution < 1.29 is 27.4 Å². The van der Waals surface area contributed by atoms with Crippen molar-refractivity contribution in [1.29, 1.82) is 0 Å². The van der Waals surface area contributed by atoms with Crippen molar-refractivity contribution in [2.45, 2.75) is 23.8 Å². The van der Waals surface area contributed by atoms with E-state index >= 15 is 0 Å². The predicted octanol–water partition coefficient (Wildman–Crippen LogP) is 2.19. The number of amides is 1. The molecule has 0 aromatic heterocycles. The fourth-order valence-electron chi connectivity index (χ4n) is 3.23. The van der Waals surface area contributed by atoms with Gasteiger partial charge >= 0.3 is 0 Å². The number of carbonyl (C=O) groups excluding carboxylic acids is 1. The van der Waals surface area contributed by atoms with Crippen molar-refractivity contribution in [3.63, 3.8) is 0 Å². The van der Waals surface area contributed by atoms with Crippen LogP contribution in [0.3, 0.4) is 0 Å². The molecule has 0 saturated carbocycles. The lowest BCUT2D eigenvalue weighted by molar-refractivity contribution is -0.120. The molecular formula is C21H26N2O6S. The molecule has 0 spiro atoms. The molecule has 1 aliphatic heterocycles. The lowest BCUT2D eigenvalue weighted by Crippen LogP contribution is -2.42. The summed E-state index contributed by atoms with van der Waals surface area (Å²) in [6.45, 7) is 0.690. The number of rotatable bonds is 9. The first-order valence-electron chi connectivity index (χ1n) is 9.64. The summed E-state index contributed by atoms with van der Waals surface area (Å²) < 4.78 is 43.8. The zero-order valence-electron chi connectivity index (χ0n) is 17.0. The predicted molar refractivity (Wildman–Crippen MR) is 113 cm³/mol. The molecule has 0 aliphatic carbocycles. The third kappa shape index (κ3) is 5.03. The standard InChI is InChI=1S/C21H26N2O6S/c1-27-19-11-10-18(13-20(19)28-2)30(25,26)23(16-7-4-3-5-8-16)15-21(24)22-14-17-9-6-12-29-17/h3-5,7-8,10-11,13,17H,6,9,12,14-15H2,1-2H3,(H,22,24)/t17-/m1/s1. The van der Waals surface area contributed by atoms with Crippen LogP contribution in [0.1, 0.15) is 12.8 Å². The number of para-hydroxylation sites is 1. The van der Waals surface area contributed by atoms with Gasteiger partial charge in [0.15, 0.2) is 11.5 Å². The van der Waals surface area contributed by atoms with Gasteiger partial charge in [0.1, 0.15) is 6.54 Å². The van der Waals surface area contributed by atoms with Gasteiger partial charge in [-0.05, 0) is 37.1 Å². The molecule has 1 amide bonds. The van der Waals surface area contributed by atoms with Crippen LogP contribution in [-0.4, -0.2) is 54.3 Å². The van der Waals surface area contributed by atoms with Gasteiger partial charge in [-0.2, -0.15) is 0 Å². The second-order valence-electron chi connectivity index (χ2n) is 6.80. The minimum absolute atomic E-state index is 0.00377. The first kappa shape index (κ1) is 21.9. The molecular weight excluding hydrogens is 408 g/mol. The molecule has 1 heterocycles. The highest BCUT2D eigenvalue weighted by atomic mass is 32.2. The van der Waals surface area contributed by atoms with Gasteiger partial charge in [0.2, 0.25) is 5.91 Å². The summed E-state index contributed by atoms with van der Waals surface area (Å²) in [6, 6.07) is 12.8. The number of hydrogen-bond acceptors (Lipinski definition) is 6. The smallest absolute Gasteiger partial charge is 0.264 e. The molecule has 30 heavy (non-hydrogen) atoms. The number of sulfonamides is 1. The number of ether oxygens (including phenoxy) is 3. The van der Waals surface area contributed by atoms with E-state index in [2.05, 4.69) is 5.32 Å². The van der Waals surface area contributed by atoms with Crippen LogP contribution in [0, 0.1) is 0 Å². The molecule has 0 unspecified atom stereocenters. The van der Waals surface area contributed by atoms with Gasteiger partial charge in [0.05, 0.1) is 30.9 Å². The lowest BCUT2D eigenvalue weighted by Gasteiger charge is -2.24. The second kappa shape index (κ2) is 9.82. The molecule has 0 bridgehead atoms. The highest BCUT2D eigenvalue weighted by molar-refractivity contribution is 7.92. The molecule has 2 aromatic carbocycles. The molecule has 1 fully saturated rings. The van der Waals surface area contributed by atoms with E-state index < -0.39 is 15.9 Å². The summed E-state index contributed by atoms with van der Waals surface area (Å²) in [6.07, 6.45) is 1.82. The SMILES string of the molecule is COc1ccc(S(=O)(=O)N(CC(=O)NC[C@H]2CCCO2)c2ccccc2)cc1OC. The van der Waals surface area contributed by atoms with Crippen molar-refractivity contribution in [2.75, 3.05) is 38.2 Å². The maximum atomic E-state index is 13.4. The van der Waals surface area contributed by atoms with E-state index in [1.165, 1.54) is 32.4 Å². The molecule has 1 atom stereocenters. The molecule has 9 heteroatoms. The zero-order valence-corrected chi connectivity index (χ0v) is 17.9. The maximum Gasteiger partial charge on any atom is 0.264 e. The lowest BCUT2D eigenvalue weighted by atomic mass is 10.2. The van der Waals surface area contributed by atoms with Crippen LogP contribution in [-0.2, 0) is 19.6 Å². The summed E-state index contributed by atoms with van der Waals surface area (Å²) in [4.78, 5) is 12.6. The molecule has 162 valence electrons. The van der Waals surface area contributed by atoms with Crippen LogP contribution >= 0.6 is 0 Å². The Bertz CT molecular complexity index is 959. The zero-order chi connectivity index (χ0) is 21.6. The van der Waals surface area contributed by atoms with Gasteiger partial charge in [-0.15, -0.1) is 0 Å². The van der Waals surface area contributed by atoms with E-state index in [1.807, 2.05) is 0 Å². The molecule has 3 rings (SSSR count). The average molecular weight is 435 g/mol.